The molecule has 1 aliphatic rings. The number of carbonyl (C=O) groups excluding carboxylic acids is 1. The Morgan fingerprint density at radius 3 is 2.69 bits per heavy atom. The van der Waals surface area contributed by atoms with E-state index in [2.05, 4.69) is 10.3 Å². The van der Waals surface area contributed by atoms with Crippen molar-refractivity contribution in [2.75, 3.05) is 14.2 Å². The van der Waals surface area contributed by atoms with Crippen LogP contribution in [0.25, 0.3) is 10.9 Å². The Kier molecular flexibility index (Phi) is 4.96. The van der Waals surface area contributed by atoms with Crippen LogP contribution in [0.2, 0.25) is 0 Å². The second kappa shape index (κ2) is 7.58. The summed E-state index contributed by atoms with van der Waals surface area (Å²) in [6, 6.07) is 10.2. The summed E-state index contributed by atoms with van der Waals surface area (Å²) in [7, 11) is 3.20. The van der Waals surface area contributed by atoms with Crippen molar-refractivity contribution >= 4 is 16.8 Å². The van der Waals surface area contributed by atoms with Gasteiger partial charge >= 0.3 is 0 Å². The number of hydrogen-bond donors (Lipinski definition) is 1. The number of methoxy groups -OCH3 is 2. The fourth-order valence-electron chi connectivity index (χ4n) is 3.86. The van der Waals surface area contributed by atoms with E-state index in [1.807, 2.05) is 18.2 Å². The van der Waals surface area contributed by atoms with E-state index >= 15 is 0 Å². The van der Waals surface area contributed by atoms with Gasteiger partial charge in [0.15, 0.2) is 11.5 Å². The van der Waals surface area contributed by atoms with Crippen LogP contribution in [0.1, 0.15) is 36.6 Å². The second-order valence-electron chi connectivity index (χ2n) is 7.16. The monoisotopic (exact) mass is 393 g/mol. The van der Waals surface area contributed by atoms with E-state index in [0.29, 0.717) is 22.4 Å². The van der Waals surface area contributed by atoms with E-state index in [9.17, 15) is 9.59 Å². The van der Waals surface area contributed by atoms with Crippen molar-refractivity contribution in [3.8, 4) is 11.5 Å². The van der Waals surface area contributed by atoms with Crippen LogP contribution in [0.15, 0.2) is 47.5 Å². The number of fused-ring (bicyclic) bond motifs is 2. The molecule has 7 nitrogen and oxygen atoms in total. The minimum atomic E-state index is -0.677. The third kappa shape index (κ3) is 3.33. The minimum absolute atomic E-state index is 0.135. The normalized spacial score (nSPS) is 16.3. The number of nitrogens with zero attached hydrogens (tertiary/aromatic N) is 2. The van der Waals surface area contributed by atoms with E-state index in [-0.39, 0.29) is 17.5 Å². The predicted octanol–water partition coefficient (Wildman–Crippen LogP) is 2.78. The van der Waals surface area contributed by atoms with Gasteiger partial charge in [0.05, 0.1) is 37.5 Å². The van der Waals surface area contributed by atoms with Gasteiger partial charge in [0, 0.05) is 0 Å². The molecule has 1 aromatic heterocycles. The maximum absolute atomic E-state index is 12.9. The summed E-state index contributed by atoms with van der Waals surface area (Å²) < 4.78 is 12.1. The van der Waals surface area contributed by atoms with Crippen molar-refractivity contribution in [1.82, 2.24) is 14.9 Å². The molecule has 3 aromatic rings. The Bertz CT molecular complexity index is 1140. The third-order valence-electron chi connectivity index (χ3n) is 5.53. The number of aryl methyl sites for hydroxylation is 1. The largest absolute Gasteiger partial charge is 0.493 e. The van der Waals surface area contributed by atoms with Crippen molar-refractivity contribution in [1.29, 1.82) is 0 Å². The fraction of sp³-hybridized carbons (Fsp3) is 0.318. The molecule has 1 heterocycles. The summed E-state index contributed by atoms with van der Waals surface area (Å²) in [6.45, 7) is 1.71. The fourth-order valence-corrected chi connectivity index (χ4v) is 3.86. The zero-order chi connectivity index (χ0) is 20.5. The number of nitrogens with one attached hydrogen (secondary N) is 1. The summed E-state index contributed by atoms with van der Waals surface area (Å²) in [5.41, 5.74) is 2.54. The summed E-state index contributed by atoms with van der Waals surface area (Å²) in [4.78, 5) is 30.0. The molecule has 0 bridgehead atoms. The van der Waals surface area contributed by atoms with Crippen molar-refractivity contribution in [2.24, 2.45) is 0 Å². The second-order valence-corrected chi connectivity index (χ2v) is 7.16. The van der Waals surface area contributed by atoms with Gasteiger partial charge in [-0.15, -0.1) is 0 Å². The van der Waals surface area contributed by atoms with Gasteiger partial charge in [0.1, 0.15) is 6.04 Å². The number of amides is 1. The van der Waals surface area contributed by atoms with E-state index in [4.69, 9.17) is 9.47 Å². The van der Waals surface area contributed by atoms with Gasteiger partial charge < -0.3 is 14.8 Å². The Hall–Kier alpha value is -3.35. The SMILES string of the molecule is COc1cc2c(cc1OC)C(NC(=O)C(C)n1cnc3ccccc3c1=O)CC2. The molecule has 0 aliphatic heterocycles. The molecule has 2 aromatic carbocycles. The topological polar surface area (TPSA) is 82.4 Å². The molecular formula is C22H23N3O4. The minimum Gasteiger partial charge on any atom is -0.493 e. The molecule has 0 saturated carbocycles. The lowest BCUT2D eigenvalue weighted by atomic mass is 10.1. The Labute approximate surface area is 168 Å². The van der Waals surface area contributed by atoms with Gasteiger partial charge in [-0.2, -0.15) is 0 Å². The molecule has 2 unspecified atom stereocenters. The molecule has 0 fully saturated rings. The van der Waals surface area contributed by atoms with Crippen LogP contribution in [0, 0.1) is 0 Å². The lowest BCUT2D eigenvalue weighted by molar-refractivity contribution is -0.124. The zero-order valence-electron chi connectivity index (χ0n) is 16.6. The molecule has 4 rings (SSSR count). The molecular weight excluding hydrogens is 370 g/mol. The first kappa shape index (κ1) is 19.0. The van der Waals surface area contributed by atoms with Crippen molar-refractivity contribution < 1.29 is 14.3 Å². The zero-order valence-corrected chi connectivity index (χ0v) is 16.6. The predicted molar refractivity (Wildman–Crippen MR) is 109 cm³/mol. The van der Waals surface area contributed by atoms with Crippen molar-refractivity contribution in [3.05, 3.63) is 64.2 Å². The van der Waals surface area contributed by atoms with E-state index in [1.54, 1.807) is 39.3 Å². The lowest BCUT2D eigenvalue weighted by Gasteiger charge is -2.20. The number of hydrogen-bond acceptors (Lipinski definition) is 5. The Morgan fingerprint density at radius 1 is 1.21 bits per heavy atom. The summed E-state index contributed by atoms with van der Waals surface area (Å²) >= 11 is 0. The number of benzene rings is 2. The Balaban J connectivity index is 1.58. The van der Waals surface area contributed by atoms with Crippen molar-refractivity contribution in [3.63, 3.8) is 0 Å². The Morgan fingerprint density at radius 2 is 1.93 bits per heavy atom. The van der Waals surface area contributed by atoms with E-state index < -0.39 is 6.04 Å². The number of ether oxygens (including phenoxy) is 2. The van der Waals surface area contributed by atoms with Gasteiger partial charge in [-0.1, -0.05) is 12.1 Å². The summed E-state index contributed by atoms with van der Waals surface area (Å²) in [5.74, 6) is 1.09. The highest BCUT2D eigenvalue weighted by Gasteiger charge is 2.28. The first-order chi connectivity index (χ1) is 14.0. The average Bonchev–Trinajstić information content (AvgIpc) is 3.14. The number of rotatable bonds is 5. The van der Waals surface area contributed by atoms with Gasteiger partial charge in [0.2, 0.25) is 5.91 Å². The van der Waals surface area contributed by atoms with Crippen LogP contribution >= 0.6 is 0 Å². The molecule has 2 atom stereocenters. The van der Waals surface area contributed by atoms with Gasteiger partial charge in [-0.3, -0.25) is 14.2 Å². The molecule has 1 aliphatic carbocycles. The van der Waals surface area contributed by atoms with Crippen molar-refractivity contribution in [2.45, 2.75) is 31.8 Å². The molecule has 1 amide bonds. The lowest BCUT2D eigenvalue weighted by Crippen LogP contribution is -2.37. The first-order valence-electron chi connectivity index (χ1n) is 9.54. The summed E-state index contributed by atoms with van der Waals surface area (Å²) in [5, 5.41) is 3.57. The molecule has 29 heavy (non-hydrogen) atoms. The maximum atomic E-state index is 12.9. The van der Waals surface area contributed by atoms with Gasteiger partial charge in [-0.05, 0) is 55.2 Å². The van der Waals surface area contributed by atoms with Crippen LogP contribution in [0.3, 0.4) is 0 Å². The quantitative estimate of drug-likeness (QED) is 0.721. The van der Waals surface area contributed by atoms with Gasteiger partial charge in [0.25, 0.3) is 5.56 Å². The van der Waals surface area contributed by atoms with Gasteiger partial charge in [-0.25, -0.2) is 4.98 Å². The van der Waals surface area contributed by atoms with Crippen LogP contribution in [0.4, 0.5) is 0 Å². The highest BCUT2D eigenvalue weighted by atomic mass is 16.5. The molecule has 0 radical (unpaired) electrons. The highest BCUT2D eigenvalue weighted by Crippen LogP contribution is 2.39. The number of aromatic nitrogens is 2. The molecule has 7 heteroatoms. The molecule has 1 N–H and O–H groups in total. The standard InChI is InChI=1S/C22H23N3O4/c1-13(25-12-23-17-7-5-4-6-15(17)22(25)27)21(26)24-18-9-8-14-10-19(28-2)20(29-3)11-16(14)18/h4-7,10-13,18H,8-9H2,1-3H3,(H,24,26). The van der Waals surface area contributed by atoms with Crippen LogP contribution in [-0.2, 0) is 11.2 Å². The molecule has 0 spiro atoms. The van der Waals surface area contributed by atoms with Crippen LogP contribution < -0.4 is 20.3 Å². The molecule has 0 saturated heterocycles. The molecule has 150 valence electrons. The highest BCUT2D eigenvalue weighted by molar-refractivity contribution is 5.82. The van der Waals surface area contributed by atoms with E-state index in [1.165, 1.54) is 10.9 Å². The third-order valence-corrected chi connectivity index (χ3v) is 5.53. The first-order valence-corrected chi connectivity index (χ1v) is 9.54. The maximum Gasteiger partial charge on any atom is 0.261 e. The smallest absolute Gasteiger partial charge is 0.261 e. The van der Waals surface area contributed by atoms with E-state index in [0.717, 1.165) is 24.0 Å². The number of carbonyl (C=O) groups is 1. The van der Waals surface area contributed by atoms with Crippen LogP contribution in [0.5, 0.6) is 11.5 Å². The van der Waals surface area contributed by atoms with Crippen LogP contribution in [-0.4, -0.2) is 29.7 Å². The average molecular weight is 393 g/mol. The number of para-hydroxylation sites is 1. The summed E-state index contributed by atoms with van der Waals surface area (Å²) in [6.07, 6.45) is 3.06.